The number of amides is 2. The summed E-state index contributed by atoms with van der Waals surface area (Å²) in [7, 11) is 0. The molecule has 0 aromatic carbocycles. The minimum absolute atomic E-state index is 0.196. The molecule has 0 bridgehead atoms. The summed E-state index contributed by atoms with van der Waals surface area (Å²) >= 11 is 0. The van der Waals surface area contributed by atoms with E-state index in [1.165, 1.54) is 0 Å². The van der Waals surface area contributed by atoms with Crippen molar-refractivity contribution in [3.63, 3.8) is 0 Å². The van der Waals surface area contributed by atoms with Gasteiger partial charge in [-0.05, 0) is 38.0 Å². The molecule has 0 spiro atoms. The molecule has 0 atom stereocenters. The number of carboxylic acids is 1. The molecule has 102 valence electrons. The first-order valence-corrected chi connectivity index (χ1v) is 6.77. The molecule has 2 rings (SSSR count). The molecule has 0 aliphatic heterocycles. The number of aliphatic carboxylic acids is 1. The van der Waals surface area contributed by atoms with Gasteiger partial charge in [0.05, 0.1) is 0 Å². The Morgan fingerprint density at radius 2 is 2.00 bits per heavy atom. The summed E-state index contributed by atoms with van der Waals surface area (Å²) < 4.78 is 0. The maximum atomic E-state index is 12.1. The van der Waals surface area contributed by atoms with Crippen LogP contribution in [0.1, 0.15) is 46.0 Å². The van der Waals surface area contributed by atoms with Crippen molar-refractivity contribution in [1.82, 2.24) is 10.2 Å². The first-order valence-electron chi connectivity index (χ1n) is 6.77. The highest BCUT2D eigenvalue weighted by molar-refractivity contribution is 5.89. The first-order chi connectivity index (χ1) is 8.44. The van der Waals surface area contributed by atoms with E-state index in [0.717, 1.165) is 25.8 Å². The van der Waals surface area contributed by atoms with Gasteiger partial charge in [0.2, 0.25) is 0 Å². The van der Waals surface area contributed by atoms with Crippen molar-refractivity contribution in [3.05, 3.63) is 0 Å². The number of urea groups is 1. The van der Waals surface area contributed by atoms with Crippen molar-refractivity contribution in [2.75, 3.05) is 6.54 Å². The third-order valence-electron chi connectivity index (χ3n) is 3.70. The van der Waals surface area contributed by atoms with Crippen LogP contribution in [0, 0.1) is 5.92 Å². The maximum Gasteiger partial charge on any atom is 0.329 e. The second-order valence-corrected chi connectivity index (χ2v) is 5.92. The van der Waals surface area contributed by atoms with Crippen molar-refractivity contribution >= 4 is 12.0 Å². The van der Waals surface area contributed by atoms with E-state index in [9.17, 15) is 9.59 Å². The van der Waals surface area contributed by atoms with Crippen LogP contribution in [0.15, 0.2) is 0 Å². The molecular formula is C13H22N2O3. The number of nitrogens with zero attached hydrogens (tertiary/aromatic N) is 1. The lowest BCUT2D eigenvalue weighted by atomic mass is 10.1. The molecule has 0 radical (unpaired) electrons. The number of carbonyl (C=O) groups excluding carboxylic acids is 1. The zero-order valence-corrected chi connectivity index (χ0v) is 11.1. The topological polar surface area (TPSA) is 69.6 Å². The molecule has 0 aromatic heterocycles. The van der Waals surface area contributed by atoms with E-state index in [-0.39, 0.29) is 6.03 Å². The van der Waals surface area contributed by atoms with Crippen LogP contribution >= 0.6 is 0 Å². The van der Waals surface area contributed by atoms with E-state index >= 15 is 0 Å². The van der Waals surface area contributed by atoms with Gasteiger partial charge in [0.1, 0.15) is 5.54 Å². The standard InChI is InChI=1S/C13H22N2O3/c1-9(2)5-8-15(10-3-4-10)12(18)14-13(6-7-13)11(16)17/h9-10H,3-8H2,1-2H3,(H,14,18)(H,16,17). The summed E-state index contributed by atoms with van der Waals surface area (Å²) in [4.78, 5) is 25.0. The Hall–Kier alpha value is -1.26. The van der Waals surface area contributed by atoms with Gasteiger partial charge in [0.15, 0.2) is 0 Å². The van der Waals surface area contributed by atoms with Crippen LogP contribution in [-0.2, 0) is 4.79 Å². The predicted octanol–water partition coefficient (Wildman–Crippen LogP) is 1.82. The summed E-state index contributed by atoms with van der Waals surface area (Å²) in [6, 6.07) is 0.131. The van der Waals surface area contributed by atoms with Gasteiger partial charge in [0, 0.05) is 12.6 Å². The minimum atomic E-state index is -0.970. The molecule has 0 unspecified atom stereocenters. The van der Waals surface area contributed by atoms with E-state index in [0.29, 0.717) is 24.8 Å². The van der Waals surface area contributed by atoms with Crippen LogP contribution in [0.2, 0.25) is 0 Å². The molecule has 0 aromatic rings. The van der Waals surface area contributed by atoms with E-state index in [1.807, 2.05) is 4.90 Å². The van der Waals surface area contributed by atoms with Gasteiger partial charge >= 0.3 is 12.0 Å². The second kappa shape index (κ2) is 4.78. The Kier molecular flexibility index (Phi) is 3.50. The number of hydrogen-bond acceptors (Lipinski definition) is 2. The maximum absolute atomic E-state index is 12.1. The molecule has 2 N–H and O–H groups in total. The van der Waals surface area contributed by atoms with Gasteiger partial charge in [-0.15, -0.1) is 0 Å². The van der Waals surface area contributed by atoms with Gasteiger partial charge in [0.25, 0.3) is 0 Å². The van der Waals surface area contributed by atoms with Gasteiger partial charge in [-0.25, -0.2) is 9.59 Å². The van der Waals surface area contributed by atoms with Gasteiger partial charge in [-0.3, -0.25) is 0 Å². The Balaban J connectivity index is 1.90. The highest BCUT2D eigenvalue weighted by atomic mass is 16.4. The van der Waals surface area contributed by atoms with Gasteiger partial charge in [-0.2, -0.15) is 0 Å². The van der Waals surface area contributed by atoms with Crippen LogP contribution in [-0.4, -0.2) is 40.1 Å². The molecule has 2 saturated carbocycles. The van der Waals surface area contributed by atoms with Crippen LogP contribution < -0.4 is 5.32 Å². The first kappa shape index (κ1) is 13.2. The average molecular weight is 254 g/mol. The van der Waals surface area contributed by atoms with Crippen molar-refractivity contribution < 1.29 is 14.7 Å². The molecule has 18 heavy (non-hydrogen) atoms. The molecule has 5 heteroatoms. The van der Waals surface area contributed by atoms with Crippen LogP contribution in [0.3, 0.4) is 0 Å². The fourth-order valence-corrected chi connectivity index (χ4v) is 2.03. The van der Waals surface area contributed by atoms with Gasteiger partial charge < -0.3 is 15.3 Å². The van der Waals surface area contributed by atoms with E-state index in [4.69, 9.17) is 5.11 Å². The third-order valence-corrected chi connectivity index (χ3v) is 3.70. The van der Waals surface area contributed by atoms with Crippen molar-refractivity contribution in [1.29, 1.82) is 0 Å². The number of nitrogens with one attached hydrogen (secondary N) is 1. The Morgan fingerprint density at radius 3 is 2.39 bits per heavy atom. The zero-order chi connectivity index (χ0) is 13.3. The monoisotopic (exact) mass is 254 g/mol. The lowest BCUT2D eigenvalue weighted by Crippen LogP contribution is -2.50. The summed E-state index contributed by atoms with van der Waals surface area (Å²) in [5.41, 5.74) is -0.970. The van der Waals surface area contributed by atoms with E-state index < -0.39 is 11.5 Å². The Morgan fingerprint density at radius 1 is 1.39 bits per heavy atom. The molecule has 2 aliphatic carbocycles. The minimum Gasteiger partial charge on any atom is -0.480 e. The highest BCUT2D eigenvalue weighted by Gasteiger charge is 2.52. The summed E-state index contributed by atoms with van der Waals surface area (Å²) in [6.45, 7) is 4.98. The van der Waals surface area contributed by atoms with E-state index in [1.54, 1.807) is 0 Å². The Bertz CT molecular complexity index is 346. The lowest BCUT2D eigenvalue weighted by molar-refractivity contribution is -0.140. The van der Waals surface area contributed by atoms with Crippen LogP contribution in [0.25, 0.3) is 0 Å². The zero-order valence-electron chi connectivity index (χ0n) is 11.1. The summed E-state index contributed by atoms with van der Waals surface area (Å²) in [5, 5.41) is 11.8. The number of hydrogen-bond donors (Lipinski definition) is 2. The fourth-order valence-electron chi connectivity index (χ4n) is 2.03. The van der Waals surface area contributed by atoms with Crippen molar-refractivity contribution in [3.8, 4) is 0 Å². The van der Waals surface area contributed by atoms with Crippen molar-refractivity contribution in [2.24, 2.45) is 5.92 Å². The average Bonchev–Trinajstić information content (AvgIpc) is 3.10. The normalized spacial score (nSPS) is 20.6. The van der Waals surface area contributed by atoms with Crippen LogP contribution in [0.4, 0.5) is 4.79 Å². The van der Waals surface area contributed by atoms with Gasteiger partial charge in [-0.1, -0.05) is 13.8 Å². The summed E-state index contributed by atoms with van der Waals surface area (Å²) in [6.07, 6.45) is 4.16. The van der Waals surface area contributed by atoms with E-state index in [2.05, 4.69) is 19.2 Å². The Labute approximate surface area is 108 Å². The quantitative estimate of drug-likeness (QED) is 0.759. The van der Waals surface area contributed by atoms with Crippen LogP contribution in [0.5, 0.6) is 0 Å². The predicted molar refractivity (Wildman–Crippen MR) is 67.3 cm³/mol. The van der Waals surface area contributed by atoms with Crippen molar-refractivity contribution in [2.45, 2.75) is 57.5 Å². The number of carbonyl (C=O) groups is 2. The molecule has 2 amide bonds. The number of rotatable bonds is 6. The molecule has 0 heterocycles. The molecular weight excluding hydrogens is 232 g/mol. The number of carboxylic acid groups (broad SMARTS) is 1. The molecule has 2 aliphatic rings. The summed E-state index contributed by atoms with van der Waals surface area (Å²) in [5.74, 6) is -0.358. The largest absolute Gasteiger partial charge is 0.480 e. The smallest absolute Gasteiger partial charge is 0.329 e. The molecule has 5 nitrogen and oxygen atoms in total. The fraction of sp³-hybridized carbons (Fsp3) is 0.846. The highest BCUT2D eigenvalue weighted by Crippen LogP contribution is 2.36. The second-order valence-electron chi connectivity index (χ2n) is 5.92. The lowest BCUT2D eigenvalue weighted by Gasteiger charge is -2.25. The SMILES string of the molecule is CC(C)CCN(C(=O)NC1(C(=O)O)CC1)C1CC1. The molecule has 2 fully saturated rings. The molecule has 0 saturated heterocycles. The third kappa shape index (κ3) is 2.94.